The van der Waals surface area contributed by atoms with Crippen molar-refractivity contribution in [3.8, 4) is 0 Å². The lowest BCUT2D eigenvalue weighted by Crippen LogP contribution is -2.61. The Morgan fingerprint density at radius 3 is 2.45 bits per heavy atom. The molecule has 2 aliphatic rings. The van der Waals surface area contributed by atoms with E-state index in [9.17, 15) is 49.8 Å². The summed E-state index contributed by atoms with van der Waals surface area (Å²) in [5, 5.41) is 72.1. The molecule has 22 heteroatoms. The number of thiophene rings is 1. The summed E-state index contributed by atoms with van der Waals surface area (Å²) in [6.45, 7) is -3.22. The third-order valence-electron chi connectivity index (χ3n) is 6.27. The molecular formula is C20H30N2O16P2S2. The summed E-state index contributed by atoms with van der Waals surface area (Å²) in [5.41, 5.74) is 11.3. The van der Waals surface area contributed by atoms with Gasteiger partial charge in [-0.05, 0) is 23.3 Å². The molecule has 13 N–H and O–H groups in total. The third kappa shape index (κ3) is 7.36. The number of ether oxygens (including phenoxy) is 2. The minimum Gasteiger partial charge on any atom is -0.397 e. The smallest absolute Gasteiger partial charge is 0.397 e. The van der Waals surface area contributed by atoms with Gasteiger partial charge in [0.05, 0.1) is 18.9 Å². The van der Waals surface area contributed by atoms with Crippen LogP contribution in [0.3, 0.4) is 0 Å². The van der Waals surface area contributed by atoms with Gasteiger partial charge in [-0.25, -0.2) is 8.88 Å². The number of anilines is 1. The fourth-order valence-electron chi connectivity index (χ4n) is 4.22. The molecule has 0 spiro atoms. The van der Waals surface area contributed by atoms with E-state index < -0.39 is 94.4 Å². The molecule has 0 aliphatic carbocycles. The number of rotatable bonds is 12. The Labute approximate surface area is 246 Å². The van der Waals surface area contributed by atoms with E-state index in [2.05, 4.69) is 21.1 Å². The topological polar surface area (TPSA) is 314 Å². The molecule has 2 saturated heterocycles. The van der Waals surface area contributed by atoms with E-state index in [1.165, 1.54) is 5.38 Å². The molecule has 2 fully saturated rings. The van der Waals surface area contributed by atoms with Crippen LogP contribution in [0, 0.1) is 0 Å². The lowest BCUT2D eigenvalue weighted by Gasteiger charge is -2.41. The summed E-state index contributed by atoms with van der Waals surface area (Å²) in [7, 11) is -5.51. The van der Waals surface area contributed by atoms with Gasteiger partial charge in [-0.15, -0.1) is 17.1 Å². The average Bonchev–Trinajstić information content (AvgIpc) is 3.39. The van der Waals surface area contributed by atoms with Crippen molar-refractivity contribution >= 4 is 49.3 Å². The molecule has 238 valence electrons. The predicted molar refractivity (Wildman–Crippen MR) is 144 cm³/mol. The van der Waals surface area contributed by atoms with Crippen LogP contribution in [-0.2, 0) is 39.2 Å². The highest BCUT2D eigenvalue weighted by Gasteiger charge is 2.56. The van der Waals surface area contributed by atoms with Gasteiger partial charge in [0, 0.05) is 5.56 Å². The number of phosphoric ester groups is 1. The minimum absolute atomic E-state index is 0.0445. The van der Waals surface area contributed by atoms with Crippen LogP contribution in [0.15, 0.2) is 23.8 Å². The summed E-state index contributed by atoms with van der Waals surface area (Å²) in [4.78, 5) is 32.1. The highest BCUT2D eigenvalue weighted by Crippen LogP contribution is 2.62. The molecule has 0 bridgehead atoms. The monoisotopic (exact) mass is 680 g/mol. The molecule has 7 unspecified atom stereocenters. The second-order valence-electron chi connectivity index (χ2n) is 9.14. The van der Waals surface area contributed by atoms with Gasteiger partial charge in [0.1, 0.15) is 59.3 Å². The van der Waals surface area contributed by atoms with Gasteiger partial charge in [-0.2, -0.15) is 0 Å². The first kappa shape index (κ1) is 35.3. The molecule has 1 aromatic heterocycles. The predicted octanol–water partition coefficient (Wildman–Crippen LogP) is -3.17. The van der Waals surface area contributed by atoms with Crippen molar-refractivity contribution in [3.05, 3.63) is 34.2 Å². The lowest BCUT2D eigenvalue weighted by atomic mass is 9.87. The largest absolute Gasteiger partial charge is 0.481 e. The standard InChI is InChI=1S/C20H30N2O16P2S2/c1-2-3-20(30)16(28)9(35-17(20)7-6-42-15(10(7)21)18(22)29)5-34-40(33,41)38-39(31,32)37-19-13(27)11(25)12(26)14(36-19)8(24)4-23/h3,6,8-9,11-14,16-17,19,23-28,30H,1,4-5,21H2,(H2,22,29)(H,31,32)(H,33,41)/t8-,9+,11?,12?,13?,14?,16+,17-,19?,20+,40?/m0/s1. The van der Waals surface area contributed by atoms with Crippen molar-refractivity contribution in [2.75, 3.05) is 18.9 Å². The van der Waals surface area contributed by atoms with Crippen LogP contribution < -0.4 is 11.5 Å². The van der Waals surface area contributed by atoms with E-state index in [-0.39, 0.29) is 16.1 Å². The number of carbonyl (C=O) groups excluding carboxylic acids is 1. The Hall–Kier alpha value is -1.19. The van der Waals surface area contributed by atoms with E-state index in [4.69, 9.17) is 42.4 Å². The van der Waals surface area contributed by atoms with E-state index in [0.29, 0.717) is 0 Å². The number of primary amides is 1. The van der Waals surface area contributed by atoms with Gasteiger partial charge in [0.25, 0.3) is 5.91 Å². The first-order valence-electron chi connectivity index (χ1n) is 11.7. The van der Waals surface area contributed by atoms with Crippen LogP contribution in [-0.4, -0.2) is 119 Å². The molecule has 0 radical (unpaired) electrons. The number of amides is 1. The summed E-state index contributed by atoms with van der Waals surface area (Å²) in [6.07, 6.45) is -15.8. The van der Waals surface area contributed by atoms with E-state index in [1.807, 2.05) is 0 Å². The quantitative estimate of drug-likeness (QED) is 0.0766. The zero-order valence-electron chi connectivity index (χ0n) is 21.2. The molecule has 2 aliphatic heterocycles. The first-order chi connectivity index (χ1) is 19.4. The zero-order chi connectivity index (χ0) is 31.8. The fourth-order valence-corrected chi connectivity index (χ4v) is 8.17. The highest BCUT2D eigenvalue weighted by molar-refractivity contribution is 8.08. The van der Waals surface area contributed by atoms with Crippen LogP contribution in [0.25, 0.3) is 0 Å². The van der Waals surface area contributed by atoms with Gasteiger partial charge in [-0.3, -0.25) is 9.32 Å². The van der Waals surface area contributed by atoms with Crippen LogP contribution in [0.4, 0.5) is 5.69 Å². The van der Waals surface area contributed by atoms with Gasteiger partial charge < -0.3 is 71.0 Å². The number of hydrogen-bond acceptors (Lipinski definition) is 17. The second-order valence-corrected chi connectivity index (χ2v) is 14.4. The van der Waals surface area contributed by atoms with E-state index in [0.717, 1.165) is 17.4 Å². The minimum atomic E-state index is -5.51. The SMILES string of the molecule is C=C=C[C@@]1(O)[C@H](O)[C@@H](COP(O)(=S)OP(=O)(O)OC2OC([C@@H](O)CO)C(O)C(O)C2O)O[C@H]1c1csc(C(N)=O)c1N. The lowest BCUT2D eigenvalue weighted by molar-refractivity contribution is -0.292. The van der Waals surface area contributed by atoms with Crippen molar-refractivity contribution in [1.29, 1.82) is 0 Å². The summed E-state index contributed by atoms with van der Waals surface area (Å²) >= 11 is 5.57. The molecule has 3 heterocycles. The van der Waals surface area contributed by atoms with Crippen molar-refractivity contribution in [3.63, 3.8) is 0 Å². The van der Waals surface area contributed by atoms with Crippen LogP contribution in [0.5, 0.6) is 0 Å². The molecule has 0 aromatic carbocycles. The number of nitrogens with two attached hydrogens (primary N) is 2. The van der Waals surface area contributed by atoms with Gasteiger partial charge >= 0.3 is 14.5 Å². The van der Waals surface area contributed by atoms with E-state index >= 15 is 0 Å². The second kappa shape index (κ2) is 13.4. The Bertz CT molecular complexity index is 1290. The zero-order valence-corrected chi connectivity index (χ0v) is 24.6. The molecule has 42 heavy (non-hydrogen) atoms. The summed E-state index contributed by atoms with van der Waals surface area (Å²) < 4.78 is 37.4. The number of phosphoric acid groups is 1. The van der Waals surface area contributed by atoms with Crippen molar-refractivity contribution < 1.29 is 77.7 Å². The van der Waals surface area contributed by atoms with Crippen LogP contribution in [0.2, 0.25) is 0 Å². The molecule has 18 nitrogen and oxygen atoms in total. The van der Waals surface area contributed by atoms with Crippen molar-refractivity contribution in [2.24, 2.45) is 5.73 Å². The van der Waals surface area contributed by atoms with E-state index in [1.54, 1.807) is 0 Å². The Balaban J connectivity index is 1.72. The summed E-state index contributed by atoms with van der Waals surface area (Å²) in [5.74, 6) is -0.851. The van der Waals surface area contributed by atoms with Gasteiger partial charge in [0.15, 0.2) is 6.29 Å². The average molecular weight is 681 g/mol. The van der Waals surface area contributed by atoms with Crippen molar-refractivity contribution in [2.45, 2.75) is 60.7 Å². The van der Waals surface area contributed by atoms with Crippen LogP contribution in [0.1, 0.15) is 21.3 Å². The Kier molecular flexibility index (Phi) is 11.3. The Morgan fingerprint density at radius 2 is 1.90 bits per heavy atom. The maximum absolute atomic E-state index is 12.6. The number of hydrogen-bond donors (Lipinski definition) is 11. The number of aliphatic hydroxyl groups is 7. The molecule has 0 saturated carbocycles. The third-order valence-corrected chi connectivity index (χ3v) is 10.8. The molecule has 3 rings (SSSR count). The molecular weight excluding hydrogens is 650 g/mol. The Morgan fingerprint density at radius 1 is 1.26 bits per heavy atom. The number of nitrogen functional groups attached to an aromatic ring is 1. The first-order valence-corrected chi connectivity index (χ1v) is 16.6. The normalized spacial score (nSPS) is 36.9. The number of aliphatic hydroxyl groups excluding tert-OH is 6. The van der Waals surface area contributed by atoms with Crippen LogP contribution >= 0.6 is 25.9 Å². The summed E-state index contributed by atoms with van der Waals surface area (Å²) in [6, 6.07) is 0. The molecule has 1 aromatic rings. The molecule has 12 atom stereocenters. The van der Waals surface area contributed by atoms with Crippen molar-refractivity contribution in [1.82, 2.24) is 0 Å². The molecule has 1 amide bonds. The van der Waals surface area contributed by atoms with Gasteiger partial charge in [-0.1, -0.05) is 6.58 Å². The fraction of sp³-hybridized carbons (Fsp3) is 0.600. The maximum Gasteiger partial charge on any atom is 0.481 e. The highest BCUT2D eigenvalue weighted by atomic mass is 32.5. The number of carbonyl (C=O) groups is 1. The van der Waals surface area contributed by atoms with Gasteiger partial charge in [0.2, 0.25) is 0 Å². The maximum atomic E-state index is 12.6.